The Morgan fingerprint density at radius 2 is 1.79 bits per heavy atom. The number of rotatable bonds is 7. The smallest absolute Gasteiger partial charge is 0.201 e. The fraction of sp³-hybridized carbons (Fsp3) is 0.323. The number of aryl methyl sites for hydroxylation is 4. The van der Waals surface area contributed by atoms with Crippen LogP contribution in [0.1, 0.15) is 67.1 Å². The molecule has 1 N–H and O–H groups in total. The lowest BCUT2D eigenvalue weighted by Gasteiger charge is -2.26. The van der Waals surface area contributed by atoms with Crippen molar-refractivity contribution in [3.8, 4) is 0 Å². The summed E-state index contributed by atoms with van der Waals surface area (Å²) >= 11 is 0. The predicted molar refractivity (Wildman–Crippen MR) is 143 cm³/mol. The van der Waals surface area contributed by atoms with Crippen LogP contribution in [0.2, 0.25) is 0 Å². The standard InChI is InChI=1S/C31H35NO2/c1-8-10-15-32-21(7)27(24-17-22(9-2)13-14-25(24)32)29-30(33)28(31(29)34)26(18(3)4)23-16-19(5)11-12-20(23)6/h11-14,16-17,33H,3,8-10,15H2,1-2,4-7H3/b28-26+. The number of allylic oxidation sites excluding steroid dienone is 4. The van der Waals surface area contributed by atoms with Gasteiger partial charge in [-0.1, -0.05) is 56.7 Å². The Hall–Kier alpha value is -3.33. The van der Waals surface area contributed by atoms with E-state index in [0.717, 1.165) is 75.8 Å². The van der Waals surface area contributed by atoms with Gasteiger partial charge in [0.1, 0.15) is 5.76 Å². The van der Waals surface area contributed by atoms with Crippen molar-refractivity contribution in [2.45, 2.75) is 67.3 Å². The number of aliphatic hydroxyl groups is 1. The highest BCUT2D eigenvalue weighted by atomic mass is 16.3. The maximum absolute atomic E-state index is 13.7. The minimum absolute atomic E-state index is 0.0865. The van der Waals surface area contributed by atoms with Gasteiger partial charge in [0, 0.05) is 28.7 Å². The summed E-state index contributed by atoms with van der Waals surface area (Å²) in [6.45, 7) is 17.4. The molecule has 0 spiro atoms. The third-order valence-electron chi connectivity index (χ3n) is 7.05. The zero-order valence-electron chi connectivity index (χ0n) is 21.3. The van der Waals surface area contributed by atoms with E-state index in [4.69, 9.17) is 0 Å². The van der Waals surface area contributed by atoms with Gasteiger partial charge in [-0.25, -0.2) is 0 Å². The van der Waals surface area contributed by atoms with E-state index in [1.54, 1.807) is 0 Å². The van der Waals surface area contributed by atoms with Crippen molar-refractivity contribution in [2.75, 3.05) is 0 Å². The first kappa shape index (κ1) is 23.8. The van der Waals surface area contributed by atoms with Crippen molar-refractivity contribution in [1.29, 1.82) is 0 Å². The monoisotopic (exact) mass is 453 g/mol. The van der Waals surface area contributed by atoms with Gasteiger partial charge >= 0.3 is 0 Å². The summed E-state index contributed by atoms with van der Waals surface area (Å²) in [6.07, 6.45) is 3.08. The first-order chi connectivity index (χ1) is 16.2. The zero-order chi connectivity index (χ0) is 24.7. The van der Waals surface area contributed by atoms with Gasteiger partial charge in [0.25, 0.3) is 0 Å². The number of ketones is 1. The number of fused-ring (bicyclic) bond motifs is 1. The van der Waals surface area contributed by atoms with Crippen LogP contribution < -0.4 is 0 Å². The fourth-order valence-electron chi connectivity index (χ4n) is 5.12. The molecule has 0 fully saturated rings. The van der Waals surface area contributed by atoms with Crippen LogP contribution in [-0.2, 0) is 17.8 Å². The van der Waals surface area contributed by atoms with Crippen molar-refractivity contribution >= 4 is 27.8 Å². The van der Waals surface area contributed by atoms with Gasteiger partial charge in [0.15, 0.2) is 0 Å². The van der Waals surface area contributed by atoms with E-state index in [-0.39, 0.29) is 11.5 Å². The molecular formula is C31H35NO2. The zero-order valence-corrected chi connectivity index (χ0v) is 21.3. The van der Waals surface area contributed by atoms with E-state index in [1.165, 1.54) is 5.56 Å². The molecule has 0 unspecified atom stereocenters. The van der Waals surface area contributed by atoms with Crippen LogP contribution in [-0.4, -0.2) is 15.5 Å². The highest BCUT2D eigenvalue weighted by Crippen LogP contribution is 2.46. The van der Waals surface area contributed by atoms with E-state index in [2.05, 4.69) is 68.3 Å². The Balaban J connectivity index is 1.99. The van der Waals surface area contributed by atoms with Crippen LogP contribution in [0, 0.1) is 20.8 Å². The van der Waals surface area contributed by atoms with Crippen LogP contribution >= 0.6 is 0 Å². The van der Waals surface area contributed by atoms with Crippen LogP contribution in [0.4, 0.5) is 0 Å². The van der Waals surface area contributed by atoms with Crippen LogP contribution in [0.3, 0.4) is 0 Å². The Morgan fingerprint density at radius 1 is 1.06 bits per heavy atom. The topological polar surface area (TPSA) is 42.2 Å². The molecule has 0 radical (unpaired) electrons. The first-order valence-corrected chi connectivity index (χ1v) is 12.3. The third kappa shape index (κ3) is 3.73. The molecule has 1 aromatic heterocycles. The summed E-state index contributed by atoms with van der Waals surface area (Å²) < 4.78 is 2.30. The predicted octanol–water partition coefficient (Wildman–Crippen LogP) is 7.81. The molecular weight excluding hydrogens is 418 g/mol. The normalized spacial score (nSPS) is 15.2. The van der Waals surface area contributed by atoms with Crippen LogP contribution in [0.5, 0.6) is 0 Å². The molecule has 176 valence electrons. The molecule has 4 rings (SSSR count). The van der Waals surface area contributed by atoms with E-state index < -0.39 is 0 Å². The van der Waals surface area contributed by atoms with E-state index in [1.807, 2.05) is 20.8 Å². The number of nitrogens with zero attached hydrogens (tertiary/aromatic N) is 1. The van der Waals surface area contributed by atoms with Crippen LogP contribution in [0.25, 0.3) is 22.0 Å². The molecule has 34 heavy (non-hydrogen) atoms. The second-order valence-electron chi connectivity index (χ2n) is 9.57. The Kier molecular flexibility index (Phi) is 6.40. The quantitative estimate of drug-likeness (QED) is 0.371. The number of benzene rings is 2. The molecule has 0 amide bonds. The summed E-state index contributed by atoms with van der Waals surface area (Å²) in [5.74, 6) is -0.0144. The molecule has 0 aliphatic heterocycles. The molecule has 2 aromatic carbocycles. The van der Waals surface area contributed by atoms with Gasteiger partial charge in [0.2, 0.25) is 5.78 Å². The Labute approximate surface area is 203 Å². The second kappa shape index (κ2) is 9.13. The highest BCUT2D eigenvalue weighted by Gasteiger charge is 2.40. The fourth-order valence-corrected chi connectivity index (χ4v) is 5.12. The minimum atomic E-state index is -0.101. The summed E-state index contributed by atoms with van der Waals surface area (Å²) in [5.41, 5.74) is 9.72. The lowest BCUT2D eigenvalue weighted by molar-refractivity contribution is -0.111. The highest BCUT2D eigenvalue weighted by molar-refractivity contribution is 6.43. The first-order valence-electron chi connectivity index (χ1n) is 12.3. The van der Waals surface area contributed by atoms with Gasteiger partial charge in [-0.15, -0.1) is 0 Å². The summed E-state index contributed by atoms with van der Waals surface area (Å²) in [5, 5.41) is 12.4. The molecule has 0 saturated carbocycles. The SMILES string of the molecule is C=C(C)/C(=C1\C(=O)C(c2c(C)n(CCCC)c3ccc(CC)cc23)=C1O)c1cc(C)ccc1C. The van der Waals surface area contributed by atoms with Gasteiger partial charge in [0.05, 0.1) is 11.1 Å². The largest absolute Gasteiger partial charge is 0.506 e. The number of unbranched alkanes of at least 4 members (excludes halogenated alkanes) is 1. The number of aromatic nitrogens is 1. The van der Waals surface area contributed by atoms with E-state index >= 15 is 0 Å². The van der Waals surface area contributed by atoms with Gasteiger partial charge in [-0.2, -0.15) is 0 Å². The maximum Gasteiger partial charge on any atom is 0.201 e. The maximum atomic E-state index is 13.7. The second-order valence-corrected chi connectivity index (χ2v) is 9.57. The van der Waals surface area contributed by atoms with Gasteiger partial charge in [-0.05, 0) is 80.5 Å². The van der Waals surface area contributed by atoms with Crippen molar-refractivity contribution in [2.24, 2.45) is 0 Å². The molecule has 1 aliphatic rings. The average molecular weight is 454 g/mol. The Bertz CT molecular complexity index is 1390. The number of hydrogen-bond donors (Lipinski definition) is 1. The molecule has 1 aliphatic carbocycles. The third-order valence-corrected chi connectivity index (χ3v) is 7.05. The van der Waals surface area contributed by atoms with Gasteiger partial charge in [-0.3, -0.25) is 4.79 Å². The number of aliphatic hydroxyl groups excluding tert-OH is 1. The molecule has 3 aromatic rings. The molecule has 0 bridgehead atoms. The molecule has 3 nitrogen and oxygen atoms in total. The molecule has 0 atom stereocenters. The number of carbonyl (C=O) groups is 1. The number of hydrogen-bond acceptors (Lipinski definition) is 2. The van der Waals surface area contributed by atoms with Crippen molar-refractivity contribution in [3.05, 3.63) is 93.4 Å². The molecule has 1 heterocycles. The average Bonchev–Trinajstić information content (AvgIpc) is 3.07. The van der Waals surface area contributed by atoms with Gasteiger partial charge < -0.3 is 9.67 Å². The van der Waals surface area contributed by atoms with Crippen LogP contribution in [0.15, 0.2) is 59.9 Å². The molecule has 3 heteroatoms. The minimum Gasteiger partial charge on any atom is -0.506 e. The van der Waals surface area contributed by atoms with Crippen molar-refractivity contribution in [1.82, 2.24) is 4.57 Å². The summed E-state index contributed by atoms with van der Waals surface area (Å²) in [4.78, 5) is 13.7. The Morgan fingerprint density at radius 3 is 2.41 bits per heavy atom. The van der Waals surface area contributed by atoms with E-state index in [9.17, 15) is 9.90 Å². The lowest BCUT2D eigenvalue weighted by atomic mass is 9.76. The molecule has 0 saturated heterocycles. The lowest BCUT2D eigenvalue weighted by Crippen LogP contribution is -2.23. The number of carbonyl (C=O) groups excluding carboxylic acids is 1. The van der Waals surface area contributed by atoms with Crippen molar-refractivity contribution in [3.63, 3.8) is 0 Å². The van der Waals surface area contributed by atoms with Crippen molar-refractivity contribution < 1.29 is 9.90 Å². The number of Topliss-reactive ketones (excluding diaryl/α,β-unsaturated/α-hetero) is 1. The summed E-state index contributed by atoms with van der Waals surface area (Å²) in [7, 11) is 0. The summed E-state index contributed by atoms with van der Waals surface area (Å²) in [6, 6.07) is 12.7. The van der Waals surface area contributed by atoms with E-state index in [0.29, 0.717) is 11.1 Å².